The summed E-state index contributed by atoms with van der Waals surface area (Å²) in [6.07, 6.45) is 8.40. The van der Waals surface area contributed by atoms with Crippen LogP contribution < -0.4 is 0 Å². The summed E-state index contributed by atoms with van der Waals surface area (Å²) in [5, 5.41) is 0. The Balaban J connectivity index is 1.92. The molecule has 1 aromatic carbocycles. The van der Waals surface area contributed by atoms with Crippen LogP contribution in [0.15, 0.2) is 29.3 Å². The second-order valence-electron chi connectivity index (χ2n) is 4.76. The second-order valence-corrected chi connectivity index (χ2v) is 6.44. The van der Waals surface area contributed by atoms with Crippen LogP contribution >= 0.6 is 23.6 Å². The van der Waals surface area contributed by atoms with Crippen LogP contribution in [0.1, 0.15) is 32.1 Å². The van der Waals surface area contributed by atoms with Crippen molar-refractivity contribution >= 4 is 40.1 Å². The number of benzene rings is 1. The molecule has 0 atom stereocenters. The lowest BCUT2D eigenvalue weighted by molar-refractivity contribution is 0.444. The number of aliphatic imine (C=N–C) groups is 1. The van der Waals surface area contributed by atoms with Gasteiger partial charge in [-0.15, -0.1) is 11.3 Å². The Kier molecular flexibility index (Phi) is 3.57. The quantitative estimate of drug-likeness (QED) is 0.443. The molecule has 0 saturated heterocycles. The molecule has 4 heteroatoms. The molecule has 0 amide bonds. The number of hydrogen-bond donors (Lipinski definition) is 0. The van der Waals surface area contributed by atoms with Crippen molar-refractivity contribution in [1.82, 2.24) is 4.57 Å². The Labute approximate surface area is 116 Å². The SMILES string of the molecule is S=c1sc2ccccc2n1C=NC1CCCCC1. The summed E-state index contributed by atoms with van der Waals surface area (Å²) in [4.78, 5) is 4.71. The smallest absolute Gasteiger partial charge is 0.167 e. The number of thiazole rings is 1. The van der Waals surface area contributed by atoms with Crippen molar-refractivity contribution in [2.45, 2.75) is 38.1 Å². The maximum Gasteiger partial charge on any atom is 0.167 e. The minimum atomic E-state index is 0.499. The molecular weight excluding hydrogens is 260 g/mol. The summed E-state index contributed by atoms with van der Waals surface area (Å²) in [5.74, 6) is 0. The Bertz CT molecular complexity index is 618. The molecule has 1 fully saturated rings. The molecule has 0 spiro atoms. The molecule has 0 aliphatic heterocycles. The van der Waals surface area contributed by atoms with Crippen LogP contribution in [0.2, 0.25) is 0 Å². The van der Waals surface area contributed by atoms with Gasteiger partial charge in [0, 0.05) is 0 Å². The van der Waals surface area contributed by atoms with Crippen molar-refractivity contribution in [3.05, 3.63) is 28.2 Å². The third kappa shape index (κ3) is 2.40. The van der Waals surface area contributed by atoms with Gasteiger partial charge in [-0.05, 0) is 37.2 Å². The van der Waals surface area contributed by atoms with Crippen LogP contribution in [0.4, 0.5) is 0 Å². The van der Waals surface area contributed by atoms with Gasteiger partial charge in [-0.25, -0.2) is 0 Å². The van der Waals surface area contributed by atoms with Gasteiger partial charge in [0.2, 0.25) is 0 Å². The molecule has 94 valence electrons. The second kappa shape index (κ2) is 5.33. The molecule has 0 N–H and O–H groups in total. The van der Waals surface area contributed by atoms with Crippen molar-refractivity contribution in [1.29, 1.82) is 0 Å². The molecule has 1 heterocycles. The molecule has 1 saturated carbocycles. The Morgan fingerprint density at radius 2 is 2.00 bits per heavy atom. The maximum atomic E-state index is 5.41. The molecule has 0 unspecified atom stereocenters. The number of fused-ring (bicyclic) bond motifs is 1. The first kappa shape index (κ1) is 12.1. The van der Waals surface area contributed by atoms with Gasteiger partial charge in [-0.2, -0.15) is 0 Å². The lowest BCUT2D eigenvalue weighted by Crippen LogP contribution is -2.11. The van der Waals surface area contributed by atoms with Crippen molar-refractivity contribution in [3.63, 3.8) is 0 Å². The zero-order valence-corrected chi connectivity index (χ0v) is 11.8. The van der Waals surface area contributed by atoms with E-state index in [2.05, 4.69) is 24.3 Å². The molecule has 0 radical (unpaired) electrons. The largest absolute Gasteiger partial charge is 0.282 e. The minimum Gasteiger partial charge on any atom is -0.282 e. The van der Waals surface area contributed by atoms with Gasteiger partial charge in [0.25, 0.3) is 0 Å². The molecule has 1 aliphatic rings. The van der Waals surface area contributed by atoms with E-state index in [4.69, 9.17) is 17.2 Å². The molecule has 3 rings (SSSR count). The fourth-order valence-electron chi connectivity index (χ4n) is 2.48. The first-order valence-electron chi connectivity index (χ1n) is 6.48. The van der Waals surface area contributed by atoms with Crippen LogP contribution in [0.25, 0.3) is 10.2 Å². The predicted octanol–water partition coefficient (Wildman–Crippen LogP) is 4.64. The van der Waals surface area contributed by atoms with E-state index in [1.165, 1.54) is 42.3 Å². The molecule has 0 bridgehead atoms. The highest BCUT2D eigenvalue weighted by Gasteiger charge is 2.11. The van der Waals surface area contributed by atoms with E-state index in [1.54, 1.807) is 11.3 Å². The van der Waals surface area contributed by atoms with Crippen LogP contribution in [0.5, 0.6) is 0 Å². The van der Waals surface area contributed by atoms with E-state index in [9.17, 15) is 0 Å². The fourth-order valence-corrected chi connectivity index (χ4v) is 3.75. The van der Waals surface area contributed by atoms with E-state index in [-0.39, 0.29) is 0 Å². The van der Waals surface area contributed by atoms with Crippen LogP contribution in [0, 0.1) is 3.95 Å². The van der Waals surface area contributed by atoms with Gasteiger partial charge in [0.1, 0.15) is 0 Å². The van der Waals surface area contributed by atoms with Crippen LogP contribution in [-0.2, 0) is 0 Å². The molecule has 2 nitrogen and oxygen atoms in total. The van der Waals surface area contributed by atoms with Gasteiger partial charge >= 0.3 is 0 Å². The van der Waals surface area contributed by atoms with Gasteiger partial charge in [-0.1, -0.05) is 31.4 Å². The molecule has 1 aromatic heterocycles. The van der Waals surface area contributed by atoms with E-state index in [1.807, 2.05) is 10.9 Å². The summed E-state index contributed by atoms with van der Waals surface area (Å²) in [6.45, 7) is 0. The van der Waals surface area contributed by atoms with Crippen LogP contribution in [-0.4, -0.2) is 16.9 Å². The lowest BCUT2D eigenvalue weighted by Gasteiger charge is -2.17. The number of hydrogen-bond acceptors (Lipinski definition) is 3. The van der Waals surface area contributed by atoms with Gasteiger partial charge in [0.05, 0.1) is 22.6 Å². The topological polar surface area (TPSA) is 17.3 Å². The summed E-state index contributed by atoms with van der Waals surface area (Å²) in [7, 11) is 0. The van der Waals surface area contributed by atoms with Gasteiger partial charge in [0.15, 0.2) is 3.95 Å². The first-order valence-corrected chi connectivity index (χ1v) is 7.70. The highest BCUT2D eigenvalue weighted by molar-refractivity contribution is 7.73. The Morgan fingerprint density at radius 3 is 2.83 bits per heavy atom. The fraction of sp³-hybridized carbons (Fsp3) is 0.429. The maximum absolute atomic E-state index is 5.41. The molecule has 18 heavy (non-hydrogen) atoms. The molecule has 2 aromatic rings. The third-order valence-corrected chi connectivity index (χ3v) is 4.87. The highest BCUT2D eigenvalue weighted by Crippen LogP contribution is 2.23. The summed E-state index contributed by atoms with van der Waals surface area (Å²) >= 11 is 7.06. The lowest BCUT2D eigenvalue weighted by atomic mass is 9.96. The number of para-hydroxylation sites is 1. The van der Waals surface area contributed by atoms with Gasteiger partial charge in [-0.3, -0.25) is 9.56 Å². The Morgan fingerprint density at radius 1 is 1.22 bits per heavy atom. The summed E-state index contributed by atoms with van der Waals surface area (Å²) in [6, 6.07) is 8.82. The van der Waals surface area contributed by atoms with E-state index in [0.717, 1.165) is 3.95 Å². The van der Waals surface area contributed by atoms with Crippen molar-refractivity contribution in [2.75, 3.05) is 0 Å². The normalized spacial score (nSPS) is 17.8. The number of nitrogens with zero attached hydrogens (tertiary/aromatic N) is 2. The minimum absolute atomic E-state index is 0.499. The monoisotopic (exact) mass is 276 g/mol. The summed E-state index contributed by atoms with van der Waals surface area (Å²) in [5.41, 5.74) is 1.17. The molecular formula is C14H16N2S2. The number of aromatic nitrogens is 1. The first-order chi connectivity index (χ1) is 8.84. The number of rotatable bonds is 2. The average molecular weight is 276 g/mol. The zero-order valence-electron chi connectivity index (χ0n) is 10.2. The van der Waals surface area contributed by atoms with Crippen molar-refractivity contribution in [2.24, 2.45) is 4.99 Å². The zero-order chi connectivity index (χ0) is 12.4. The van der Waals surface area contributed by atoms with Gasteiger partial charge < -0.3 is 0 Å². The Hall–Kier alpha value is -1.00. The third-order valence-electron chi connectivity index (χ3n) is 3.49. The summed E-state index contributed by atoms with van der Waals surface area (Å²) < 4.78 is 4.16. The average Bonchev–Trinajstić information content (AvgIpc) is 2.73. The van der Waals surface area contributed by atoms with E-state index < -0.39 is 0 Å². The molecule has 1 aliphatic carbocycles. The standard InChI is InChI=1S/C14H16N2S2/c17-14-16(10-15-11-6-2-1-3-7-11)12-8-4-5-9-13(12)18-14/h4-5,8-11H,1-3,6-7H2. The van der Waals surface area contributed by atoms with E-state index in [0.29, 0.717) is 6.04 Å². The van der Waals surface area contributed by atoms with Crippen LogP contribution in [0.3, 0.4) is 0 Å². The van der Waals surface area contributed by atoms with Crippen molar-refractivity contribution in [3.8, 4) is 0 Å². The van der Waals surface area contributed by atoms with Crippen molar-refractivity contribution < 1.29 is 0 Å². The highest BCUT2D eigenvalue weighted by atomic mass is 32.1. The van der Waals surface area contributed by atoms with E-state index >= 15 is 0 Å². The predicted molar refractivity (Wildman–Crippen MR) is 81.4 cm³/mol.